The van der Waals surface area contributed by atoms with Crippen molar-refractivity contribution in [3.8, 4) is 11.8 Å². The van der Waals surface area contributed by atoms with Crippen LogP contribution in [0.1, 0.15) is 29.5 Å². The maximum atomic E-state index is 12.2. The molecule has 2 heterocycles. The Morgan fingerprint density at radius 1 is 1.43 bits per heavy atom. The smallest absolute Gasteiger partial charge is 0.475 e. The molecule has 1 fully saturated rings. The van der Waals surface area contributed by atoms with E-state index in [4.69, 9.17) is 15.2 Å². The molecule has 12 heteroatoms. The van der Waals surface area contributed by atoms with Gasteiger partial charge in [0, 0.05) is 12.6 Å². The van der Waals surface area contributed by atoms with Crippen molar-refractivity contribution in [2.45, 2.75) is 25.6 Å². The highest BCUT2D eigenvalue weighted by Gasteiger charge is 2.38. The highest BCUT2D eigenvalue weighted by Crippen LogP contribution is 2.14. The average Bonchev–Trinajstić information content (AvgIpc) is 3.35. The Balaban J connectivity index is 0.000000396. The molecule has 1 saturated heterocycles. The monoisotopic (exact) mass is 424 g/mol. The van der Waals surface area contributed by atoms with Crippen LogP contribution in [0.3, 0.4) is 0 Å². The number of carboxylic acids is 1. The minimum absolute atomic E-state index is 0.131. The number of nitrogens with one attached hydrogen (secondary N) is 2. The lowest BCUT2D eigenvalue weighted by Crippen LogP contribution is -2.34. The molecular formula is C18H19F3N6O3. The Kier molecular flexibility index (Phi) is 7.48. The standard InChI is InChI=1S/C16H18N6O.C2HF3O2/c1-11-13(5-6-18-11)9-19-16(23)15-20-10-22(21-15)14-4-2-3-12(7-14)8-17;3-2(4,5)1(6)7/h2-4,7,10-11,13,18H,5-6,9H2,1H3,(H,19,23);(H,6,7)/t11-,13+;/m1./s1. The Labute approximate surface area is 169 Å². The van der Waals surface area contributed by atoms with E-state index in [0.29, 0.717) is 29.8 Å². The van der Waals surface area contributed by atoms with Gasteiger partial charge in [0.05, 0.1) is 17.3 Å². The van der Waals surface area contributed by atoms with E-state index in [1.165, 1.54) is 11.0 Å². The van der Waals surface area contributed by atoms with Crippen LogP contribution in [-0.4, -0.2) is 57.1 Å². The van der Waals surface area contributed by atoms with Crippen LogP contribution >= 0.6 is 0 Å². The number of rotatable bonds is 4. The van der Waals surface area contributed by atoms with Gasteiger partial charge in [0.25, 0.3) is 5.91 Å². The second kappa shape index (κ2) is 9.84. The van der Waals surface area contributed by atoms with Gasteiger partial charge < -0.3 is 15.7 Å². The van der Waals surface area contributed by atoms with Gasteiger partial charge in [-0.2, -0.15) is 18.4 Å². The van der Waals surface area contributed by atoms with Gasteiger partial charge in [0.15, 0.2) is 0 Å². The highest BCUT2D eigenvalue weighted by molar-refractivity contribution is 5.90. The second-order valence-corrected chi connectivity index (χ2v) is 6.48. The molecule has 0 saturated carbocycles. The number of carbonyl (C=O) groups excluding carboxylic acids is 1. The molecule has 1 aliphatic heterocycles. The minimum Gasteiger partial charge on any atom is -0.475 e. The summed E-state index contributed by atoms with van der Waals surface area (Å²) >= 11 is 0. The maximum absolute atomic E-state index is 12.2. The highest BCUT2D eigenvalue weighted by atomic mass is 19.4. The number of hydrogen-bond donors (Lipinski definition) is 3. The Morgan fingerprint density at radius 3 is 2.70 bits per heavy atom. The fourth-order valence-electron chi connectivity index (χ4n) is 2.70. The van der Waals surface area contributed by atoms with Crippen molar-refractivity contribution in [2.24, 2.45) is 5.92 Å². The van der Waals surface area contributed by atoms with Crippen molar-refractivity contribution in [2.75, 3.05) is 13.1 Å². The van der Waals surface area contributed by atoms with E-state index in [1.54, 1.807) is 18.2 Å². The molecule has 3 rings (SSSR count). The third-order valence-electron chi connectivity index (χ3n) is 4.39. The van der Waals surface area contributed by atoms with E-state index < -0.39 is 12.1 Å². The SMILES string of the molecule is C[C@H]1NCC[C@H]1CNC(=O)c1ncn(-c2cccc(C#N)c2)n1.O=C(O)C(F)(F)F. The van der Waals surface area contributed by atoms with Gasteiger partial charge in [-0.15, -0.1) is 5.10 Å². The summed E-state index contributed by atoms with van der Waals surface area (Å²) in [4.78, 5) is 25.1. The number of nitriles is 1. The zero-order valence-corrected chi connectivity index (χ0v) is 15.8. The number of nitrogens with zero attached hydrogens (tertiary/aromatic N) is 4. The van der Waals surface area contributed by atoms with Gasteiger partial charge in [0.1, 0.15) is 6.33 Å². The van der Waals surface area contributed by atoms with Crippen LogP contribution in [-0.2, 0) is 4.79 Å². The van der Waals surface area contributed by atoms with Crippen molar-refractivity contribution < 1.29 is 27.9 Å². The fourth-order valence-corrected chi connectivity index (χ4v) is 2.70. The average molecular weight is 424 g/mol. The molecule has 0 unspecified atom stereocenters. The molecule has 1 aliphatic rings. The van der Waals surface area contributed by atoms with Crippen LogP contribution in [0.25, 0.3) is 5.69 Å². The van der Waals surface area contributed by atoms with E-state index in [1.807, 2.05) is 6.07 Å². The lowest BCUT2D eigenvalue weighted by atomic mass is 10.0. The van der Waals surface area contributed by atoms with Gasteiger partial charge in [0.2, 0.25) is 5.82 Å². The van der Waals surface area contributed by atoms with Crippen molar-refractivity contribution in [3.05, 3.63) is 42.0 Å². The van der Waals surface area contributed by atoms with Crippen LogP contribution in [0.5, 0.6) is 0 Å². The zero-order valence-electron chi connectivity index (χ0n) is 15.8. The summed E-state index contributed by atoms with van der Waals surface area (Å²) in [6.07, 6.45) is -2.55. The molecule has 9 nitrogen and oxygen atoms in total. The summed E-state index contributed by atoms with van der Waals surface area (Å²) in [5.41, 5.74) is 1.23. The first-order valence-electron chi connectivity index (χ1n) is 8.85. The van der Waals surface area contributed by atoms with Crippen LogP contribution < -0.4 is 10.6 Å². The number of carboxylic acid groups (broad SMARTS) is 1. The molecule has 160 valence electrons. The quantitative estimate of drug-likeness (QED) is 0.677. The number of benzene rings is 1. The minimum atomic E-state index is -5.08. The largest absolute Gasteiger partial charge is 0.490 e. The van der Waals surface area contributed by atoms with E-state index in [9.17, 15) is 18.0 Å². The van der Waals surface area contributed by atoms with E-state index >= 15 is 0 Å². The van der Waals surface area contributed by atoms with E-state index in [-0.39, 0.29) is 11.7 Å². The molecule has 1 amide bonds. The molecule has 0 spiro atoms. The first-order valence-corrected chi connectivity index (χ1v) is 8.85. The fraction of sp³-hybridized carbons (Fsp3) is 0.389. The van der Waals surface area contributed by atoms with Gasteiger partial charge >= 0.3 is 12.1 Å². The first kappa shape index (κ1) is 22.8. The summed E-state index contributed by atoms with van der Waals surface area (Å²) in [6.45, 7) is 3.73. The number of aromatic nitrogens is 3. The zero-order chi connectivity index (χ0) is 22.3. The van der Waals surface area contributed by atoms with Gasteiger partial charge in [-0.25, -0.2) is 14.5 Å². The number of carbonyl (C=O) groups is 2. The van der Waals surface area contributed by atoms with Crippen molar-refractivity contribution in [3.63, 3.8) is 0 Å². The van der Waals surface area contributed by atoms with E-state index in [2.05, 4.69) is 33.7 Å². The number of alkyl halides is 3. The third kappa shape index (κ3) is 6.28. The molecule has 1 aromatic heterocycles. The van der Waals surface area contributed by atoms with Crippen LogP contribution in [0.15, 0.2) is 30.6 Å². The first-order chi connectivity index (χ1) is 14.1. The van der Waals surface area contributed by atoms with Crippen molar-refractivity contribution in [1.29, 1.82) is 5.26 Å². The predicted octanol–water partition coefficient (Wildman–Crippen LogP) is 1.50. The summed E-state index contributed by atoms with van der Waals surface area (Å²) in [7, 11) is 0. The number of hydrogen-bond acceptors (Lipinski definition) is 6. The van der Waals surface area contributed by atoms with Gasteiger partial charge in [-0.05, 0) is 44.0 Å². The van der Waals surface area contributed by atoms with Crippen LogP contribution in [0.4, 0.5) is 13.2 Å². The normalized spacial score (nSPS) is 18.1. The summed E-state index contributed by atoms with van der Waals surface area (Å²) in [5.74, 6) is -2.47. The lowest BCUT2D eigenvalue weighted by Gasteiger charge is -2.14. The van der Waals surface area contributed by atoms with Gasteiger partial charge in [-0.3, -0.25) is 4.79 Å². The van der Waals surface area contributed by atoms with E-state index in [0.717, 1.165) is 13.0 Å². The van der Waals surface area contributed by atoms with Crippen molar-refractivity contribution in [1.82, 2.24) is 25.4 Å². The number of amides is 1. The Hall–Kier alpha value is -3.46. The maximum Gasteiger partial charge on any atom is 0.490 e. The summed E-state index contributed by atoms with van der Waals surface area (Å²) < 4.78 is 33.2. The molecule has 3 N–H and O–H groups in total. The molecule has 2 atom stereocenters. The molecular weight excluding hydrogens is 405 g/mol. The number of halogens is 3. The Morgan fingerprint density at radius 2 is 2.13 bits per heavy atom. The Bertz CT molecular complexity index is 938. The topological polar surface area (TPSA) is 133 Å². The number of aliphatic carboxylic acids is 1. The van der Waals surface area contributed by atoms with Crippen molar-refractivity contribution >= 4 is 11.9 Å². The molecule has 1 aromatic carbocycles. The summed E-state index contributed by atoms with van der Waals surface area (Å²) in [6, 6.07) is 9.47. The molecule has 0 aliphatic carbocycles. The van der Waals surface area contributed by atoms with Gasteiger partial charge in [-0.1, -0.05) is 6.07 Å². The predicted molar refractivity (Wildman–Crippen MR) is 97.7 cm³/mol. The third-order valence-corrected chi connectivity index (χ3v) is 4.39. The van der Waals surface area contributed by atoms with Crippen LogP contribution in [0, 0.1) is 17.2 Å². The lowest BCUT2D eigenvalue weighted by molar-refractivity contribution is -0.192. The summed E-state index contributed by atoms with van der Waals surface area (Å²) in [5, 5.41) is 26.5. The molecule has 2 aromatic rings. The molecule has 0 radical (unpaired) electrons. The van der Waals surface area contributed by atoms with Crippen LogP contribution in [0.2, 0.25) is 0 Å². The second-order valence-electron chi connectivity index (χ2n) is 6.48. The molecule has 0 bridgehead atoms. The molecule has 30 heavy (non-hydrogen) atoms.